The average Bonchev–Trinajstić information content (AvgIpc) is 3.74. The van der Waals surface area contributed by atoms with E-state index in [1.165, 1.54) is 42.5 Å². The maximum absolute atomic E-state index is 12.3. The molecule has 2 aliphatic heterocycles. The fourth-order valence-corrected chi connectivity index (χ4v) is 7.09. The number of piperazine rings is 1. The normalized spacial score (nSPS) is 19.3. The predicted octanol–water partition coefficient (Wildman–Crippen LogP) is 2.84. The molecular weight excluding hydrogens is 542 g/mol. The summed E-state index contributed by atoms with van der Waals surface area (Å²) in [5.74, 6) is 1.61. The first-order chi connectivity index (χ1) is 19.8. The highest BCUT2D eigenvalue weighted by Gasteiger charge is 2.36. The molecule has 6 rings (SSSR count). The van der Waals surface area contributed by atoms with Gasteiger partial charge in [0.2, 0.25) is 16.0 Å². The maximum Gasteiger partial charge on any atom is 0.235 e. The number of likely N-dealkylation sites (N-methyl/N-ethyl adjacent to an activating group) is 1. The molecule has 2 N–H and O–H groups in total. The summed E-state index contributed by atoms with van der Waals surface area (Å²) in [6.07, 6.45) is 8.46. The van der Waals surface area contributed by atoms with Crippen molar-refractivity contribution in [3.63, 3.8) is 0 Å². The Morgan fingerprint density at radius 3 is 2.49 bits per heavy atom. The van der Waals surface area contributed by atoms with Gasteiger partial charge in [-0.25, -0.2) is 18.1 Å². The van der Waals surface area contributed by atoms with Gasteiger partial charge in [-0.15, -0.1) is 0 Å². The number of nitrogens with zero attached hydrogens (tertiary/aromatic N) is 7. The van der Waals surface area contributed by atoms with Crippen molar-refractivity contribution in [1.82, 2.24) is 29.5 Å². The van der Waals surface area contributed by atoms with E-state index in [4.69, 9.17) is 4.74 Å². The van der Waals surface area contributed by atoms with Crippen LogP contribution in [-0.2, 0) is 10.0 Å². The molecule has 12 nitrogen and oxygen atoms in total. The van der Waals surface area contributed by atoms with E-state index in [2.05, 4.69) is 65.9 Å². The smallest absolute Gasteiger partial charge is 0.235 e. The van der Waals surface area contributed by atoms with Gasteiger partial charge in [-0.3, -0.25) is 9.62 Å². The van der Waals surface area contributed by atoms with E-state index >= 15 is 0 Å². The fourth-order valence-electron chi connectivity index (χ4n) is 5.73. The van der Waals surface area contributed by atoms with Crippen LogP contribution < -0.4 is 19.7 Å². The zero-order valence-electron chi connectivity index (χ0n) is 24.0. The molecule has 2 saturated heterocycles. The second-order valence-corrected chi connectivity index (χ2v) is 13.2. The molecule has 0 amide bonds. The molecule has 4 heterocycles. The van der Waals surface area contributed by atoms with Crippen molar-refractivity contribution in [3.05, 3.63) is 42.4 Å². The second-order valence-electron chi connectivity index (χ2n) is 11.3. The Balaban J connectivity index is 1.13. The Bertz CT molecular complexity index is 1470. The van der Waals surface area contributed by atoms with Gasteiger partial charge in [-0.05, 0) is 51.3 Å². The summed E-state index contributed by atoms with van der Waals surface area (Å²) in [6.45, 7) is 8.82. The largest absolute Gasteiger partial charge is 0.494 e. The Labute approximate surface area is 241 Å². The van der Waals surface area contributed by atoms with Gasteiger partial charge in [0, 0.05) is 69.3 Å². The summed E-state index contributed by atoms with van der Waals surface area (Å²) in [4.78, 5) is 16.5. The van der Waals surface area contributed by atoms with Gasteiger partial charge in [-0.2, -0.15) is 10.1 Å². The van der Waals surface area contributed by atoms with E-state index in [-0.39, 0.29) is 5.25 Å². The van der Waals surface area contributed by atoms with Crippen LogP contribution >= 0.6 is 0 Å². The van der Waals surface area contributed by atoms with E-state index in [0.29, 0.717) is 36.3 Å². The van der Waals surface area contributed by atoms with Crippen molar-refractivity contribution in [2.75, 3.05) is 68.4 Å². The number of anilines is 4. The molecule has 2 aromatic heterocycles. The molecule has 41 heavy (non-hydrogen) atoms. The van der Waals surface area contributed by atoms with E-state index in [9.17, 15) is 8.42 Å². The molecule has 13 heteroatoms. The van der Waals surface area contributed by atoms with Crippen LogP contribution in [0.25, 0.3) is 5.82 Å². The Kier molecular flexibility index (Phi) is 7.75. The number of piperidine rings is 1. The quantitative estimate of drug-likeness (QED) is 0.390. The van der Waals surface area contributed by atoms with Crippen molar-refractivity contribution in [3.8, 4) is 11.6 Å². The highest BCUT2D eigenvalue weighted by molar-refractivity contribution is 7.93. The van der Waals surface area contributed by atoms with Gasteiger partial charge >= 0.3 is 0 Å². The number of methoxy groups -OCH3 is 1. The zero-order valence-corrected chi connectivity index (χ0v) is 24.8. The first-order valence-electron chi connectivity index (χ1n) is 14.3. The third kappa shape index (κ3) is 6.26. The topological polar surface area (TPSA) is 121 Å². The zero-order chi connectivity index (χ0) is 28.6. The molecular formula is C28H39N9O3S. The van der Waals surface area contributed by atoms with Crippen molar-refractivity contribution in [2.45, 2.75) is 43.9 Å². The SMILES string of the molecule is COc1cc(N2CCC(N3CCN(C)CC3)CC2)c(C)cc1Nc1nccc(-n2cc(NS(=O)(=O)C3CC3)cn2)n1. The lowest BCUT2D eigenvalue weighted by Crippen LogP contribution is -2.52. The monoisotopic (exact) mass is 581 g/mol. The van der Waals surface area contributed by atoms with Gasteiger partial charge < -0.3 is 19.9 Å². The number of hydrogen-bond donors (Lipinski definition) is 2. The van der Waals surface area contributed by atoms with E-state index < -0.39 is 10.0 Å². The molecule has 0 unspecified atom stereocenters. The van der Waals surface area contributed by atoms with E-state index in [1.54, 1.807) is 25.6 Å². The molecule has 0 spiro atoms. The van der Waals surface area contributed by atoms with Gasteiger partial charge in [-0.1, -0.05) is 0 Å². The number of aryl methyl sites for hydroxylation is 1. The number of sulfonamides is 1. The highest BCUT2D eigenvalue weighted by Crippen LogP contribution is 2.36. The highest BCUT2D eigenvalue weighted by atomic mass is 32.2. The molecule has 3 aliphatic rings. The minimum absolute atomic E-state index is 0.306. The van der Waals surface area contributed by atoms with Gasteiger partial charge in [0.15, 0.2) is 5.82 Å². The Morgan fingerprint density at radius 2 is 1.78 bits per heavy atom. The number of rotatable bonds is 9. The molecule has 1 saturated carbocycles. The molecule has 0 atom stereocenters. The number of benzene rings is 1. The van der Waals surface area contributed by atoms with Crippen LogP contribution in [0.3, 0.4) is 0 Å². The van der Waals surface area contributed by atoms with E-state index in [0.717, 1.165) is 43.2 Å². The summed E-state index contributed by atoms with van der Waals surface area (Å²) in [5.41, 5.74) is 3.53. The summed E-state index contributed by atoms with van der Waals surface area (Å²) < 4.78 is 34.4. The van der Waals surface area contributed by atoms with Crippen LogP contribution in [0.5, 0.6) is 5.75 Å². The Morgan fingerprint density at radius 1 is 1.02 bits per heavy atom. The van der Waals surface area contributed by atoms with Gasteiger partial charge in [0.05, 0.1) is 36.1 Å². The van der Waals surface area contributed by atoms with Crippen LogP contribution in [0.1, 0.15) is 31.2 Å². The molecule has 1 aliphatic carbocycles. The van der Waals surface area contributed by atoms with Crippen molar-refractivity contribution < 1.29 is 13.2 Å². The van der Waals surface area contributed by atoms with Crippen LogP contribution in [0.15, 0.2) is 36.8 Å². The molecule has 3 aromatic rings. The lowest BCUT2D eigenvalue weighted by atomic mass is 10.0. The molecule has 220 valence electrons. The first kappa shape index (κ1) is 27.7. The minimum Gasteiger partial charge on any atom is -0.494 e. The summed E-state index contributed by atoms with van der Waals surface area (Å²) in [5, 5.41) is 7.28. The van der Waals surface area contributed by atoms with Crippen molar-refractivity contribution >= 4 is 33.0 Å². The number of ether oxygens (including phenoxy) is 1. The van der Waals surface area contributed by atoms with Crippen LogP contribution in [0.2, 0.25) is 0 Å². The molecule has 0 radical (unpaired) electrons. The molecule has 1 aromatic carbocycles. The van der Waals surface area contributed by atoms with Crippen molar-refractivity contribution in [1.29, 1.82) is 0 Å². The van der Waals surface area contributed by atoms with Crippen molar-refractivity contribution in [2.24, 2.45) is 0 Å². The lowest BCUT2D eigenvalue weighted by Gasteiger charge is -2.43. The van der Waals surface area contributed by atoms with Gasteiger partial charge in [0.1, 0.15) is 5.75 Å². The third-order valence-electron chi connectivity index (χ3n) is 8.31. The number of aromatic nitrogens is 4. The molecule has 3 fully saturated rings. The average molecular weight is 582 g/mol. The number of hydrogen-bond acceptors (Lipinski definition) is 10. The minimum atomic E-state index is -3.36. The van der Waals surface area contributed by atoms with Crippen LogP contribution in [0.4, 0.5) is 23.0 Å². The number of nitrogens with one attached hydrogen (secondary N) is 2. The fraction of sp³-hybridized carbons (Fsp3) is 0.536. The summed E-state index contributed by atoms with van der Waals surface area (Å²) in [6, 6.07) is 6.56. The van der Waals surface area contributed by atoms with Gasteiger partial charge in [0.25, 0.3) is 0 Å². The summed E-state index contributed by atoms with van der Waals surface area (Å²) in [7, 11) is 0.515. The second kappa shape index (κ2) is 11.5. The maximum atomic E-state index is 12.3. The molecule has 0 bridgehead atoms. The first-order valence-corrected chi connectivity index (χ1v) is 15.9. The Hall–Kier alpha value is -3.42. The lowest BCUT2D eigenvalue weighted by molar-refractivity contribution is 0.0982. The van der Waals surface area contributed by atoms with Crippen LogP contribution in [-0.4, -0.2) is 103 Å². The third-order valence-corrected chi connectivity index (χ3v) is 10.2. The predicted molar refractivity (Wildman–Crippen MR) is 160 cm³/mol. The van der Waals surface area contributed by atoms with E-state index in [1.807, 2.05) is 0 Å². The standard InChI is InChI=1S/C28H39N9O3S/c1-20-16-24(26(40-3)17-25(20)36-10-7-22(8-11-36)35-14-12-34(2)13-15-35)31-28-29-9-6-27(32-28)37-19-21(18-30-37)33-41(38,39)23-4-5-23/h6,9,16-19,22-23,33H,4-5,7-8,10-15H2,1-3H3,(H,29,31,32). The summed E-state index contributed by atoms with van der Waals surface area (Å²) >= 11 is 0. The van der Waals surface area contributed by atoms with Crippen LogP contribution in [0, 0.1) is 6.92 Å².